The summed E-state index contributed by atoms with van der Waals surface area (Å²) in [5.74, 6) is -0.879. The van der Waals surface area contributed by atoms with Crippen molar-refractivity contribution < 1.29 is 17.6 Å². The maximum Gasteiger partial charge on any atom is 0.243 e. The Balaban J connectivity index is 1.83. The smallest absolute Gasteiger partial charge is 0.243 e. The second kappa shape index (κ2) is 10.4. The van der Waals surface area contributed by atoms with E-state index in [2.05, 4.69) is 5.32 Å². The highest BCUT2D eigenvalue weighted by molar-refractivity contribution is 7.89. The lowest BCUT2D eigenvalue weighted by atomic mass is 10.1. The van der Waals surface area contributed by atoms with Crippen LogP contribution in [0.25, 0.3) is 0 Å². The molecule has 0 aromatic heterocycles. The van der Waals surface area contributed by atoms with Crippen molar-refractivity contribution in [1.29, 1.82) is 0 Å². The molecule has 0 radical (unpaired) electrons. The third-order valence-electron chi connectivity index (χ3n) is 4.77. The molecule has 0 fully saturated rings. The third kappa shape index (κ3) is 6.29. The normalized spacial score (nSPS) is 12.5. The van der Waals surface area contributed by atoms with Crippen LogP contribution in [0.1, 0.15) is 24.1 Å². The number of sulfonamides is 1. The number of carbonyl (C=O) groups excluding carboxylic acids is 1. The fraction of sp³-hybridized carbons (Fsp3) is 0.174. The Morgan fingerprint density at radius 3 is 2.28 bits per heavy atom. The van der Waals surface area contributed by atoms with Gasteiger partial charge in [0.15, 0.2) is 0 Å². The molecule has 168 valence electrons. The molecule has 0 saturated heterocycles. The lowest BCUT2D eigenvalue weighted by molar-refractivity contribution is -0.122. The van der Waals surface area contributed by atoms with Crippen molar-refractivity contribution in [2.45, 2.75) is 24.4 Å². The van der Waals surface area contributed by atoms with Gasteiger partial charge in [0, 0.05) is 16.6 Å². The fourth-order valence-electron chi connectivity index (χ4n) is 3.10. The molecule has 3 aromatic carbocycles. The van der Waals surface area contributed by atoms with E-state index >= 15 is 0 Å². The van der Waals surface area contributed by atoms with Crippen LogP contribution in [0.4, 0.5) is 4.39 Å². The molecule has 0 heterocycles. The Hall–Kier alpha value is -2.45. The molecule has 0 aliphatic carbocycles. The first-order valence-electron chi connectivity index (χ1n) is 9.70. The van der Waals surface area contributed by atoms with Crippen molar-refractivity contribution in [1.82, 2.24) is 9.62 Å². The highest BCUT2D eigenvalue weighted by atomic mass is 35.5. The van der Waals surface area contributed by atoms with E-state index in [0.717, 1.165) is 4.31 Å². The van der Waals surface area contributed by atoms with Gasteiger partial charge in [0.25, 0.3) is 0 Å². The molecule has 0 aliphatic heterocycles. The zero-order valence-electron chi connectivity index (χ0n) is 17.1. The molecule has 1 N–H and O–H groups in total. The number of hydrogen-bond donors (Lipinski definition) is 1. The molecule has 32 heavy (non-hydrogen) atoms. The number of benzene rings is 3. The molecule has 0 bridgehead atoms. The van der Waals surface area contributed by atoms with Crippen molar-refractivity contribution >= 4 is 39.1 Å². The minimum Gasteiger partial charge on any atom is -0.348 e. The van der Waals surface area contributed by atoms with Gasteiger partial charge in [-0.15, -0.1) is 0 Å². The predicted octanol–water partition coefficient (Wildman–Crippen LogP) is 5.20. The van der Waals surface area contributed by atoms with Crippen LogP contribution in [-0.4, -0.2) is 25.2 Å². The molecule has 0 aliphatic rings. The lowest BCUT2D eigenvalue weighted by Gasteiger charge is -2.23. The third-order valence-corrected chi connectivity index (χ3v) is 7.06. The zero-order valence-corrected chi connectivity index (χ0v) is 19.5. The molecular weight excluding hydrogens is 474 g/mol. The second-order valence-corrected chi connectivity index (χ2v) is 10.0. The number of nitrogens with one attached hydrogen (secondary N) is 1. The van der Waals surface area contributed by atoms with E-state index in [1.807, 2.05) is 0 Å². The van der Waals surface area contributed by atoms with Gasteiger partial charge in [-0.25, -0.2) is 12.8 Å². The van der Waals surface area contributed by atoms with Crippen molar-refractivity contribution in [3.8, 4) is 0 Å². The summed E-state index contributed by atoms with van der Waals surface area (Å²) in [5, 5.41) is 3.62. The molecule has 1 unspecified atom stereocenters. The summed E-state index contributed by atoms with van der Waals surface area (Å²) in [4.78, 5) is 12.8. The number of carbonyl (C=O) groups is 1. The van der Waals surface area contributed by atoms with Crippen LogP contribution in [0.2, 0.25) is 10.0 Å². The summed E-state index contributed by atoms with van der Waals surface area (Å²) in [6.45, 7) is 1.27. The number of halogens is 3. The van der Waals surface area contributed by atoms with Gasteiger partial charge in [-0.05, 0) is 66.6 Å². The van der Waals surface area contributed by atoms with E-state index < -0.39 is 28.5 Å². The number of amides is 1. The van der Waals surface area contributed by atoms with Gasteiger partial charge in [0.2, 0.25) is 15.9 Å². The number of hydrogen-bond acceptors (Lipinski definition) is 3. The first-order chi connectivity index (χ1) is 15.1. The van der Waals surface area contributed by atoms with E-state index in [1.54, 1.807) is 43.3 Å². The van der Waals surface area contributed by atoms with Crippen LogP contribution in [0.5, 0.6) is 0 Å². The van der Waals surface area contributed by atoms with Crippen molar-refractivity contribution in [2.75, 3.05) is 6.54 Å². The van der Waals surface area contributed by atoms with Gasteiger partial charge in [0.1, 0.15) is 5.82 Å². The summed E-state index contributed by atoms with van der Waals surface area (Å²) >= 11 is 11.9. The summed E-state index contributed by atoms with van der Waals surface area (Å²) in [6.07, 6.45) is 0. The van der Waals surface area contributed by atoms with E-state index in [-0.39, 0.29) is 17.3 Å². The Morgan fingerprint density at radius 2 is 1.66 bits per heavy atom. The Morgan fingerprint density at radius 1 is 1.00 bits per heavy atom. The molecule has 3 rings (SSSR count). The minimum atomic E-state index is -4.01. The highest BCUT2D eigenvalue weighted by Gasteiger charge is 2.27. The maximum absolute atomic E-state index is 13.3. The van der Waals surface area contributed by atoms with Crippen LogP contribution >= 0.6 is 23.2 Å². The van der Waals surface area contributed by atoms with Crippen LogP contribution in [0.15, 0.2) is 77.7 Å². The predicted molar refractivity (Wildman–Crippen MR) is 123 cm³/mol. The molecular formula is C23H21Cl2FN2O3S. The topological polar surface area (TPSA) is 66.5 Å². The first kappa shape index (κ1) is 24.2. The van der Waals surface area contributed by atoms with Gasteiger partial charge in [-0.1, -0.05) is 47.5 Å². The van der Waals surface area contributed by atoms with Crippen LogP contribution in [-0.2, 0) is 21.4 Å². The van der Waals surface area contributed by atoms with Crippen molar-refractivity contribution in [2.24, 2.45) is 0 Å². The van der Waals surface area contributed by atoms with Gasteiger partial charge >= 0.3 is 0 Å². The van der Waals surface area contributed by atoms with Gasteiger partial charge in [-0.2, -0.15) is 4.31 Å². The molecule has 3 aromatic rings. The lowest BCUT2D eigenvalue weighted by Crippen LogP contribution is -2.41. The first-order valence-corrected chi connectivity index (χ1v) is 11.9. The average molecular weight is 495 g/mol. The van der Waals surface area contributed by atoms with Gasteiger partial charge in [-0.3, -0.25) is 4.79 Å². The van der Waals surface area contributed by atoms with Crippen molar-refractivity contribution in [3.63, 3.8) is 0 Å². The summed E-state index contributed by atoms with van der Waals surface area (Å²) < 4.78 is 40.8. The maximum atomic E-state index is 13.3. The van der Waals surface area contributed by atoms with Crippen molar-refractivity contribution in [3.05, 3.63) is 99.8 Å². The molecule has 9 heteroatoms. The quantitative estimate of drug-likeness (QED) is 0.467. The van der Waals surface area contributed by atoms with E-state index in [1.165, 1.54) is 36.4 Å². The SMILES string of the molecule is CC(NC(=O)CN(Cc1cccc(Cl)c1)S(=O)(=O)c1ccc(Cl)cc1)c1ccc(F)cc1. The highest BCUT2D eigenvalue weighted by Crippen LogP contribution is 2.22. The summed E-state index contributed by atoms with van der Waals surface area (Å²) in [6, 6.07) is 17.8. The molecule has 1 atom stereocenters. The largest absolute Gasteiger partial charge is 0.348 e. The van der Waals surface area contributed by atoms with E-state index in [4.69, 9.17) is 23.2 Å². The second-order valence-electron chi connectivity index (χ2n) is 7.20. The molecule has 0 spiro atoms. The monoisotopic (exact) mass is 494 g/mol. The minimum absolute atomic E-state index is 0.0170. The number of rotatable bonds is 8. The van der Waals surface area contributed by atoms with Crippen LogP contribution < -0.4 is 5.32 Å². The van der Waals surface area contributed by atoms with Gasteiger partial charge < -0.3 is 5.32 Å². The molecule has 0 saturated carbocycles. The van der Waals surface area contributed by atoms with Crippen LogP contribution in [0, 0.1) is 5.82 Å². The fourth-order valence-corrected chi connectivity index (χ4v) is 4.83. The molecule has 1 amide bonds. The Labute approximate surface area is 196 Å². The summed E-state index contributed by atoms with van der Waals surface area (Å²) in [7, 11) is -4.01. The Bertz CT molecular complexity index is 1190. The van der Waals surface area contributed by atoms with Crippen LogP contribution in [0.3, 0.4) is 0 Å². The summed E-state index contributed by atoms with van der Waals surface area (Å²) in [5.41, 5.74) is 1.33. The van der Waals surface area contributed by atoms with E-state index in [0.29, 0.717) is 21.2 Å². The zero-order chi connectivity index (χ0) is 23.3. The average Bonchev–Trinajstić information content (AvgIpc) is 2.74. The standard InChI is InChI=1S/C23H21Cl2FN2O3S/c1-16(18-5-9-21(26)10-6-18)27-23(29)15-28(14-17-3-2-4-20(25)13-17)32(30,31)22-11-7-19(24)8-12-22/h2-13,16H,14-15H2,1H3,(H,27,29). The number of nitrogens with zero attached hydrogens (tertiary/aromatic N) is 1. The van der Waals surface area contributed by atoms with Gasteiger partial charge in [0.05, 0.1) is 17.5 Å². The Kier molecular flexibility index (Phi) is 7.90. The van der Waals surface area contributed by atoms with E-state index in [9.17, 15) is 17.6 Å². The molecule has 5 nitrogen and oxygen atoms in total.